The molecule has 2 aliphatic rings. The Morgan fingerprint density at radius 3 is 2.65 bits per heavy atom. The van der Waals surface area contributed by atoms with E-state index in [4.69, 9.17) is 17.0 Å². The van der Waals surface area contributed by atoms with Gasteiger partial charge in [-0.25, -0.2) is 0 Å². The van der Waals surface area contributed by atoms with Gasteiger partial charge in [-0.3, -0.25) is 0 Å². The Hall–Kier alpha value is -0.350. The van der Waals surface area contributed by atoms with Gasteiger partial charge in [0.25, 0.3) is 0 Å². The third-order valence-electron chi connectivity index (χ3n) is 3.78. The van der Waals surface area contributed by atoms with E-state index in [1.165, 1.54) is 44.9 Å². The highest BCUT2D eigenvalue weighted by molar-refractivity contribution is 7.80. The molecule has 98 valence electrons. The van der Waals surface area contributed by atoms with Gasteiger partial charge in [0, 0.05) is 26.2 Å². The van der Waals surface area contributed by atoms with E-state index < -0.39 is 0 Å². The van der Waals surface area contributed by atoms with Crippen LogP contribution in [0.3, 0.4) is 0 Å². The number of rotatable bonds is 3. The molecule has 1 atom stereocenters. The van der Waals surface area contributed by atoms with E-state index in [1.807, 2.05) is 0 Å². The van der Waals surface area contributed by atoms with Crippen molar-refractivity contribution in [2.75, 3.05) is 20.2 Å². The summed E-state index contributed by atoms with van der Waals surface area (Å²) in [5.41, 5.74) is 0. The molecule has 1 saturated carbocycles. The van der Waals surface area contributed by atoms with Crippen LogP contribution in [0.4, 0.5) is 0 Å². The third kappa shape index (κ3) is 4.11. The first kappa shape index (κ1) is 13.1. The molecule has 0 aromatic rings. The topological polar surface area (TPSA) is 24.5 Å². The molecule has 0 aromatic heterocycles. The summed E-state index contributed by atoms with van der Waals surface area (Å²) >= 11 is 5.45. The molecule has 0 amide bonds. The van der Waals surface area contributed by atoms with Crippen LogP contribution in [0.5, 0.6) is 0 Å². The quantitative estimate of drug-likeness (QED) is 0.783. The molecule has 17 heavy (non-hydrogen) atoms. The number of thiocarbonyl (C=S) groups is 1. The van der Waals surface area contributed by atoms with Crippen molar-refractivity contribution in [1.82, 2.24) is 10.2 Å². The first-order chi connectivity index (χ1) is 8.25. The molecule has 1 saturated heterocycles. The van der Waals surface area contributed by atoms with Gasteiger partial charge in [-0.2, -0.15) is 0 Å². The van der Waals surface area contributed by atoms with E-state index in [9.17, 15) is 0 Å². The normalized spacial score (nSPS) is 25.8. The van der Waals surface area contributed by atoms with Crippen LogP contribution in [0.15, 0.2) is 0 Å². The van der Waals surface area contributed by atoms with Gasteiger partial charge >= 0.3 is 0 Å². The lowest BCUT2D eigenvalue weighted by Gasteiger charge is -2.29. The summed E-state index contributed by atoms with van der Waals surface area (Å²) in [5.74, 6) is 0. The molecule has 0 bridgehead atoms. The zero-order chi connectivity index (χ0) is 12.1. The van der Waals surface area contributed by atoms with Crippen LogP contribution in [-0.2, 0) is 4.74 Å². The van der Waals surface area contributed by atoms with Crippen LogP contribution in [0.1, 0.15) is 44.9 Å². The van der Waals surface area contributed by atoms with Gasteiger partial charge in [0.15, 0.2) is 5.11 Å². The summed E-state index contributed by atoms with van der Waals surface area (Å²) in [4.78, 5) is 2.14. The Kier molecular flexibility index (Phi) is 5.04. The summed E-state index contributed by atoms with van der Waals surface area (Å²) < 4.78 is 5.63. The van der Waals surface area contributed by atoms with Crippen LogP contribution in [0.2, 0.25) is 0 Å². The highest BCUT2D eigenvalue weighted by Crippen LogP contribution is 2.18. The SMILES string of the molecule is CN(CC1CCCO1)C(=S)NC1CCCCC1. The van der Waals surface area contributed by atoms with Gasteiger partial charge in [0.05, 0.1) is 6.10 Å². The van der Waals surface area contributed by atoms with Crippen LogP contribution >= 0.6 is 12.2 Å². The van der Waals surface area contributed by atoms with E-state index in [-0.39, 0.29) is 0 Å². The fourth-order valence-electron chi connectivity index (χ4n) is 2.71. The lowest BCUT2D eigenvalue weighted by atomic mass is 9.96. The van der Waals surface area contributed by atoms with Gasteiger partial charge in [-0.15, -0.1) is 0 Å². The summed E-state index contributed by atoms with van der Waals surface area (Å²) in [6, 6.07) is 0.600. The Labute approximate surface area is 110 Å². The zero-order valence-corrected chi connectivity index (χ0v) is 11.6. The second kappa shape index (κ2) is 6.55. The van der Waals surface area contributed by atoms with Crippen molar-refractivity contribution in [1.29, 1.82) is 0 Å². The lowest BCUT2D eigenvalue weighted by Crippen LogP contribution is -2.45. The van der Waals surface area contributed by atoms with Crippen molar-refractivity contribution in [2.45, 2.75) is 57.1 Å². The van der Waals surface area contributed by atoms with Crippen molar-refractivity contribution in [3.8, 4) is 0 Å². The highest BCUT2D eigenvalue weighted by Gasteiger charge is 2.20. The first-order valence-electron chi connectivity index (χ1n) is 6.89. The highest BCUT2D eigenvalue weighted by atomic mass is 32.1. The van der Waals surface area contributed by atoms with Crippen molar-refractivity contribution in [2.24, 2.45) is 0 Å². The third-order valence-corrected chi connectivity index (χ3v) is 4.21. The number of nitrogens with one attached hydrogen (secondary N) is 1. The van der Waals surface area contributed by atoms with E-state index in [2.05, 4.69) is 17.3 Å². The average Bonchev–Trinajstić information content (AvgIpc) is 2.83. The van der Waals surface area contributed by atoms with Crippen LogP contribution < -0.4 is 5.32 Å². The molecular formula is C13H24N2OS. The summed E-state index contributed by atoms with van der Waals surface area (Å²) in [5, 5.41) is 4.39. The molecule has 1 heterocycles. The van der Waals surface area contributed by atoms with Crippen LogP contribution in [-0.4, -0.2) is 42.4 Å². The molecule has 0 aromatic carbocycles. The maximum Gasteiger partial charge on any atom is 0.168 e. The fraction of sp³-hybridized carbons (Fsp3) is 0.923. The van der Waals surface area contributed by atoms with E-state index in [0.717, 1.165) is 18.3 Å². The monoisotopic (exact) mass is 256 g/mol. The van der Waals surface area contributed by atoms with Crippen LogP contribution in [0.25, 0.3) is 0 Å². The molecule has 1 unspecified atom stereocenters. The fourth-order valence-corrected chi connectivity index (χ4v) is 2.95. The number of hydrogen-bond acceptors (Lipinski definition) is 2. The predicted molar refractivity (Wildman–Crippen MR) is 74.2 cm³/mol. The molecule has 1 N–H and O–H groups in total. The minimum atomic E-state index is 0.381. The number of nitrogens with zero attached hydrogens (tertiary/aromatic N) is 1. The number of likely N-dealkylation sites (N-methyl/N-ethyl adjacent to an activating group) is 1. The summed E-state index contributed by atoms with van der Waals surface area (Å²) in [7, 11) is 2.07. The first-order valence-corrected chi connectivity index (χ1v) is 7.30. The molecule has 3 nitrogen and oxygen atoms in total. The Morgan fingerprint density at radius 2 is 2.00 bits per heavy atom. The Morgan fingerprint density at radius 1 is 1.24 bits per heavy atom. The lowest BCUT2D eigenvalue weighted by molar-refractivity contribution is 0.0955. The molecule has 4 heteroatoms. The Bertz CT molecular complexity index is 248. The van der Waals surface area contributed by atoms with Crippen molar-refractivity contribution in [3.63, 3.8) is 0 Å². The average molecular weight is 256 g/mol. The van der Waals surface area contributed by atoms with Crippen LogP contribution in [0, 0.1) is 0 Å². The van der Waals surface area contributed by atoms with Gasteiger partial charge in [0.2, 0.25) is 0 Å². The molecule has 1 aliphatic heterocycles. The summed E-state index contributed by atoms with van der Waals surface area (Å²) in [6.45, 7) is 1.85. The zero-order valence-electron chi connectivity index (χ0n) is 10.8. The minimum Gasteiger partial charge on any atom is -0.376 e. The number of hydrogen-bond donors (Lipinski definition) is 1. The van der Waals surface area contributed by atoms with E-state index >= 15 is 0 Å². The largest absolute Gasteiger partial charge is 0.376 e. The maximum atomic E-state index is 5.63. The van der Waals surface area contributed by atoms with Crippen molar-refractivity contribution < 1.29 is 4.74 Å². The molecular weight excluding hydrogens is 232 g/mol. The van der Waals surface area contributed by atoms with Crippen molar-refractivity contribution >= 4 is 17.3 Å². The van der Waals surface area contributed by atoms with Gasteiger partial charge in [0.1, 0.15) is 0 Å². The molecule has 1 aliphatic carbocycles. The Balaban J connectivity index is 1.70. The van der Waals surface area contributed by atoms with E-state index in [0.29, 0.717) is 12.1 Å². The standard InChI is InChI=1S/C13H24N2OS/c1-15(10-12-8-5-9-16-12)13(17)14-11-6-3-2-4-7-11/h11-12H,2-10H2,1H3,(H,14,17). The van der Waals surface area contributed by atoms with Gasteiger partial charge < -0.3 is 15.0 Å². The molecule has 2 fully saturated rings. The second-order valence-electron chi connectivity index (χ2n) is 5.30. The van der Waals surface area contributed by atoms with Crippen molar-refractivity contribution in [3.05, 3.63) is 0 Å². The molecule has 2 rings (SSSR count). The van der Waals surface area contributed by atoms with E-state index in [1.54, 1.807) is 0 Å². The minimum absolute atomic E-state index is 0.381. The summed E-state index contributed by atoms with van der Waals surface area (Å²) in [6.07, 6.45) is 9.37. The number of ether oxygens (including phenoxy) is 1. The molecule has 0 spiro atoms. The second-order valence-corrected chi connectivity index (χ2v) is 5.69. The predicted octanol–water partition coefficient (Wildman–Crippen LogP) is 2.30. The molecule has 0 radical (unpaired) electrons. The maximum absolute atomic E-state index is 5.63. The smallest absolute Gasteiger partial charge is 0.168 e. The van der Waals surface area contributed by atoms with Gasteiger partial charge in [-0.05, 0) is 37.9 Å². The van der Waals surface area contributed by atoms with Gasteiger partial charge in [-0.1, -0.05) is 19.3 Å².